The SMILES string of the molecule is O=C1N=c2ccccc2=C1c1[nH]c2c(c1O)=CCCC=2. The van der Waals surface area contributed by atoms with Crippen molar-refractivity contribution in [3.05, 3.63) is 51.1 Å². The van der Waals surface area contributed by atoms with Crippen molar-refractivity contribution in [2.45, 2.75) is 12.8 Å². The van der Waals surface area contributed by atoms with Crippen LogP contribution in [0.4, 0.5) is 0 Å². The third-order valence-corrected chi connectivity index (χ3v) is 3.76. The molecule has 1 aromatic carbocycles. The highest BCUT2D eigenvalue weighted by Crippen LogP contribution is 2.19. The summed E-state index contributed by atoms with van der Waals surface area (Å²) in [6, 6.07) is 7.37. The molecule has 4 nitrogen and oxygen atoms in total. The lowest BCUT2D eigenvalue weighted by molar-refractivity contribution is -0.112. The molecule has 2 N–H and O–H groups in total. The molecule has 4 rings (SSSR count). The molecule has 1 aliphatic carbocycles. The zero-order valence-electron chi connectivity index (χ0n) is 10.7. The first-order valence-electron chi connectivity index (χ1n) is 6.60. The number of hydrogen-bond acceptors (Lipinski definition) is 2. The van der Waals surface area contributed by atoms with Crippen LogP contribution < -0.4 is 21.1 Å². The van der Waals surface area contributed by atoms with Crippen LogP contribution in [0.3, 0.4) is 0 Å². The maximum Gasteiger partial charge on any atom is 0.280 e. The predicted molar refractivity (Wildman–Crippen MR) is 74.6 cm³/mol. The van der Waals surface area contributed by atoms with Gasteiger partial charge in [-0.1, -0.05) is 30.4 Å². The van der Waals surface area contributed by atoms with Gasteiger partial charge in [0.1, 0.15) is 5.75 Å². The summed E-state index contributed by atoms with van der Waals surface area (Å²) in [6.07, 6.45) is 5.88. The summed E-state index contributed by atoms with van der Waals surface area (Å²) in [7, 11) is 0. The summed E-state index contributed by atoms with van der Waals surface area (Å²) in [5.41, 5.74) is 0.928. The maximum absolute atomic E-state index is 12.1. The first kappa shape index (κ1) is 11.2. The van der Waals surface area contributed by atoms with Crippen molar-refractivity contribution in [2.75, 3.05) is 0 Å². The number of carbonyl (C=O) groups excluding carboxylic acids is 1. The van der Waals surface area contributed by atoms with Gasteiger partial charge >= 0.3 is 0 Å². The van der Waals surface area contributed by atoms with Gasteiger partial charge in [0.25, 0.3) is 5.91 Å². The van der Waals surface area contributed by atoms with Gasteiger partial charge in [-0.25, -0.2) is 4.99 Å². The van der Waals surface area contributed by atoms with E-state index in [2.05, 4.69) is 9.98 Å². The number of hydrogen-bond donors (Lipinski definition) is 2. The fourth-order valence-corrected chi connectivity index (χ4v) is 2.83. The van der Waals surface area contributed by atoms with Crippen LogP contribution in [-0.4, -0.2) is 16.0 Å². The third kappa shape index (κ3) is 1.42. The van der Waals surface area contributed by atoms with E-state index in [1.165, 1.54) is 0 Å². The molecule has 2 heterocycles. The number of aromatic amines is 1. The van der Waals surface area contributed by atoms with E-state index in [0.717, 1.165) is 28.6 Å². The number of carbonyl (C=O) groups is 1. The van der Waals surface area contributed by atoms with Gasteiger partial charge in [-0.05, 0) is 18.9 Å². The molecule has 0 saturated carbocycles. The van der Waals surface area contributed by atoms with Crippen LogP contribution >= 0.6 is 0 Å². The van der Waals surface area contributed by atoms with Crippen molar-refractivity contribution >= 4 is 23.6 Å². The zero-order chi connectivity index (χ0) is 13.7. The van der Waals surface area contributed by atoms with Crippen LogP contribution in [0.15, 0.2) is 29.3 Å². The van der Waals surface area contributed by atoms with Gasteiger partial charge in [-0.2, -0.15) is 0 Å². The van der Waals surface area contributed by atoms with Crippen LogP contribution in [0.25, 0.3) is 17.7 Å². The van der Waals surface area contributed by atoms with Gasteiger partial charge in [0.05, 0.1) is 16.6 Å². The van der Waals surface area contributed by atoms with E-state index in [9.17, 15) is 9.90 Å². The number of nitrogens with zero attached hydrogens (tertiary/aromatic N) is 1. The number of aromatic nitrogens is 1. The minimum atomic E-state index is -0.305. The number of aromatic hydroxyl groups is 1. The Kier molecular flexibility index (Phi) is 2.21. The molecule has 20 heavy (non-hydrogen) atoms. The van der Waals surface area contributed by atoms with E-state index in [1.54, 1.807) is 6.07 Å². The number of benzene rings is 1. The molecule has 98 valence electrons. The number of amides is 1. The lowest BCUT2D eigenvalue weighted by Crippen LogP contribution is -2.24. The standard InChI is InChI=1S/C16H12N2O2/c19-15-10-6-2-4-8-12(10)17-14(15)13-9-5-1-3-7-11(9)18-16(13)20/h1,3,5-8,17,19H,2,4H2. The molecule has 1 aliphatic heterocycles. The Morgan fingerprint density at radius 2 is 1.95 bits per heavy atom. The summed E-state index contributed by atoms with van der Waals surface area (Å²) in [5, 5.41) is 13.5. The first-order valence-corrected chi connectivity index (χ1v) is 6.60. The van der Waals surface area contributed by atoms with Crippen LogP contribution in [0, 0.1) is 0 Å². The largest absolute Gasteiger partial charge is 0.505 e. The van der Waals surface area contributed by atoms with Crippen molar-refractivity contribution in [1.29, 1.82) is 0 Å². The van der Waals surface area contributed by atoms with Gasteiger partial charge in [0, 0.05) is 15.8 Å². The van der Waals surface area contributed by atoms with Crippen molar-refractivity contribution in [3.8, 4) is 5.75 Å². The Morgan fingerprint density at radius 3 is 2.80 bits per heavy atom. The van der Waals surface area contributed by atoms with Crippen molar-refractivity contribution in [3.63, 3.8) is 0 Å². The number of rotatable bonds is 1. The molecule has 2 aliphatic rings. The monoisotopic (exact) mass is 264 g/mol. The van der Waals surface area contributed by atoms with Gasteiger partial charge < -0.3 is 10.1 Å². The van der Waals surface area contributed by atoms with Crippen LogP contribution in [0.2, 0.25) is 0 Å². The molecule has 1 aromatic heterocycles. The number of fused-ring (bicyclic) bond motifs is 2. The Balaban J connectivity index is 2.13. The second kappa shape index (κ2) is 3.93. The van der Waals surface area contributed by atoms with E-state index >= 15 is 0 Å². The molecule has 0 unspecified atom stereocenters. The molecule has 0 saturated heterocycles. The molecule has 0 bridgehead atoms. The highest BCUT2D eigenvalue weighted by molar-refractivity contribution is 6.21. The molecule has 4 heteroatoms. The summed E-state index contributed by atoms with van der Waals surface area (Å²) in [4.78, 5) is 19.3. The highest BCUT2D eigenvalue weighted by atomic mass is 16.3. The van der Waals surface area contributed by atoms with E-state index < -0.39 is 0 Å². The second-order valence-corrected chi connectivity index (χ2v) is 4.97. The van der Waals surface area contributed by atoms with E-state index in [1.807, 2.05) is 30.4 Å². The Hall–Kier alpha value is -2.62. The van der Waals surface area contributed by atoms with Crippen LogP contribution in [0.5, 0.6) is 5.75 Å². The Bertz CT molecular complexity index is 980. The number of H-pyrrole nitrogens is 1. The lowest BCUT2D eigenvalue weighted by atomic mass is 10.1. The van der Waals surface area contributed by atoms with Crippen LogP contribution in [0.1, 0.15) is 18.5 Å². The molecular weight excluding hydrogens is 252 g/mol. The molecular formula is C16H12N2O2. The highest BCUT2D eigenvalue weighted by Gasteiger charge is 2.23. The summed E-state index contributed by atoms with van der Waals surface area (Å²) in [6.45, 7) is 0. The second-order valence-electron chi connectivity index (χ2n) is 4.97. The predicted octanol–water partition coefficient (Wildman–Crippen LogP) is -0.566. The molecule has 0 fully saturated rings. The van der Waals surface area contributed by atoms with Gasteiger partial charge in [0.15, 0.2) is 0 Å². The molecule has 0 atom stereocenters. The molecule has 0 radical (unpaired) electrons. The summed E-state index contributed by atoms with van der Waals surface area (Å²) < 4.78 is 0. The third-order valence-electron chi connectivity index (χ3n) is 3.76. The zero-order valence-corrected chi connectivity index (χ0v) is 10.7. The maximum atomic E-state index is 12.1. The lowest BCUT2D eigenvalue weighted by Gasteiger charge is -1.97. The topological polar surface area (TPSA) is 65.5 Å². The fourth-order valence-electron chi connectivity index (χ4n) is 2.83. The minimum Gasteiger partial charge on any atom is -0.505 e. The Morgan fingerprint density at radius 1 is 1.15 bits per heavy atom. The van der Waals surface area contributed by atoms with Crippen molar-refractivity contribution in [2.24, 2.45) is 4.99 Å². The van der Waals surface area contributed by atoms with E-state index in [4.69, 9.17) is 0 Å². The number of nitrogens with one attached hydrogen (secondary N) is 1. The molecule has 0 spiro atoms. The quantitative estimate of drug-likeness (QED) is 0.725. The number of para-hydroxylation sites is 1. The average Bonchev–Trinajstić information content (AvgIpc) is 2.96. The summed E-state index contributed by atoms with van der Waals surface area (Å²) >= 11 is 0. The van der Waals surface area contributed by atoms with Gasteiger partial charge in [-0.15, -0.1) is 0 Å². The van der Waals surface area contributed by atoms with E-state index in [0.29, 0.717) is 16.6 Å². The van der Waals surface area contributed by atoms with Crippen molar-refractivity contribution < 1.29 is 9.90 Å². The van der Waals surface area contributed by atoms with Crippen molar-refractivity contribution in [1.82, 2.24) is 4.98 Å². The minimum absolute atomic E-state index is 0.145. The normalized spacial score (nSPS) is 16.0. The van der Waals surface area contributed by atoms with Gasteiger partial charge in [0.2, 0.25) is 0 Å². The fraction of sp³-hybridized carbons (Fsp3) is 0.125. The van der Waals surface area contributed by atoms with Gasteiger partial charge in [-0.3, -0.25) is 4.79 Å². The van der Waals surface area contributed by atoms with E-state index in [-0.39, 0.29) is 11.7 Å². The summed E-state index contributed by atoms with van der Waals surface area (Å²) in [5.74, 6) is -0.161. The Labute approximate surface area is 114 Å². The molecule has 2 aromatic rings. The smallest absolute Gasteiger partial charge is 0.280 e. The molecule has 1 amide bonds. The average molecular weight is 264 g/mol. The first-order chi connectivity index (χ1) is 9.75. The van der Waals surface area contributed by atoms with Crippen LogP contribution in [-0.2, 0) is 4.79 Å².